The summed E-state index contributed by atoms with van der Waals surface area (Å²) in [5, 5.41) is 5.21. The molecule has 1 amide bonds. The topological polar surface area (TPSA) is 50.7 Å². The second-order valence-corrected chi connectivity index (χ2v) is 4.41. The van der Waals surface area contributed by atoms with Gasteiger partial charge in [-0.15, -0.1) is 0 Å². The number of nitrogens with one attached hydrogen (secondary N) is 1. The first-order valence-electron chi connectivity index (χ1n) is 6.27. The van der Waals surface area contributed by atoms with Crippen LogP contribution in [0.3, 0.4) is 0 Å². The molecule has 2 rings (SSSR count). The Morgan fingerprint density at radius 3 is 2.57 bits per heavy atom. The van der Waals surface area contributed by atoms with E-state index >= 15 is 0 Å². The summed E-state index contributed by atoms with van der Waals surface area (Å²) < 4.78 is 30.0. The van der Waals surface area contributed by atoms with E-state index in [-0.39, 0.29) is 11.7 Å². The van der Waals surface area contributed by atoms with Crippen LogP contribution in [0.1, 0.15) is 19.4 Å². The van der Waals surface area contributed by atoms with E-state index in [2.05, 4.69) is 15.3 Å². The molecule has 0 aromatic heterocycles. The van der Waals surface area contributed by atoms with Crippen LogP contribution in [0, 0.1) is 0 Å². The number of rotatable bonds is 4. The fourth-order valence-electron chi connectivity index (χ4n) is 1.97. The Kier molecular flexibility index (Phi) is 4.47. The average Bonchev–Trinajstić information content (AvgIpc) is 2.44. The molecular weight excluding hydrogens is 278 g/mol. The third-order valence-electron chi connectivity index (χ3n) is 2.86. The summed E-state index contributed by atoms with van der Waals surface area (Å²) in [6.07, 6.45) is 0. The maximum absolute atomic E-state index is 12.7. The number of benzene rings is 2. The van der Waals surface area contributed by atoms with Crippen LogP contribution >= 0.6 is 0 Å². The van der Waals surface area contributed by atoms with Crippen LogP contribution in [0.5, 0.6) is 5.75 Å². The van der Waals surface area contributed by atoms with E-state index in [1.165, 1.54) is 6.92 Å². The van der Waals surface area contributed by atoms with Crippen LogP contribution in [0.25, 0.3) is 10.8 Å². The predicted octanol–water partition coefficient (Wildman–Crippen LogP) is 3.30. The Labute approximate surface area is 120 Å². The number of fused-ring (bicyclic) bond motifs is 1. The number of amides is 1. The van der Waals surface area contributed by atoms with Gasteiger partial charge in [0.2, 0.25) is 5.91 Å². The van der Waals surface area contributed by atoms with Gasteiger partial charge in [0, 0.05) is 17.9 Å². The largest absolute Gasteiger partial charge is 0.433 e. The summed E-state index contributed by atoms with van der Waals surface area (Å²) in [7, 11) is 0. The van der Waals surface area contributed by atoms with Gasteiger partial charge in [-0.05, 0) is 18.4 Å². The number of hydrazone groups is 1. The zero-order valence-corrected chi connectivity index (χ0v) is 11.6. The summed E-state index contributed by atoms with van der Waals surface area (Å²) in [5.41, 5.74) is 3.06. The van der Waals surface area contributed by atoms with Crippen molar-refractivity contribution in [1.82, 2.24) is 5.43 Å². The van der Waals surface area contributed by atoms with Crippen LogP contribution in [-0.2, 0) is 4.79 Å². The van der Waals surface area contributed by atoms with Gasteiger partial charge in [0.15, 0.2) is 0 Å². The Morgan fingerprint density at radius 2 is 1.90 bits per heavy atom. The maximum Gasteiger partial charge on any atom is 0.387 e. The second kappa shape index (κ2) is 6.30. The van der Waals surface area contributed by atoms with E-state index in [9.17, 15) is 13.6 Å². The van der Waals surface area contributed by atoms with E-state index in [0.29, 0.717) is 16.7 Å². The highest BCUT2D eigenvalue weighted by Gasteiger charge is 2.15. The first-order chi connectivity index (χ1) is 9.99. The van der Waals surface area contributed by atoms with Gasteiger partial charge >= 0.3 is 6.61 Å². The minimum Gasteiger partial charge on any atom is -0.433 e. The van der Waals surface area contributed by atoms with Crippen LogP contribution < -0.4 is 10.2 Å². The molecular formula is C15H14F2N2O2. The van der Waals surface area contributed by atoms with Gasteiger partial charge in [0.05, 0.1) is 5.71 Å². The zero-order chi connectivity index (χ0) is 15.4. The summed E-state index contributed by atoms with van der Waals surface area (Å²) in [6, 6.07) is 10.5. The average molecular weight is 292 g/mol. The number of nitrogens with zero attached hydrogens (tertiary/aromatic N) is 1. The molecule has 0 radical (unpaired) electrons. The fraction of sp³-hybridized carbons (Fsp3) is 0.200. The molecule has 2 aromatic rings. The van der Waals surface area contributed by atoms with Gasteiger partial charge in [-0.25, -0.2) is 5.43 Å². The van der Waals surface area contributed by atoms with Crippen molar-refractivity contribution in [2.24, 2.45) is 5.10 Å². The lowest BCUT2D eigenvalue weighted by Crippen LogP contribution is -2.16. The van der Waals surface area contributed by atoms with Gasteiger partial charge in [-0.3, -0.25) is 4.79 Å². The number of carbonyl (C=O) groups is 1. The molecule has 4 nitrogen and oxygen atoms in total. The number of halogens is 2. The lowest BCUT2D eigenvalue weighted by atomic mass is 10.0. The molecule has 0 spiro atoms. The van der Waals surface area contributed by atoms with E-state index in [4.69, 9.17) is 0 Å². The Bertz CT molecular complexity index is 699. The highest BCUT2D eigenvalue weighted by molar-refractivity contribution is 6.06. The number of hydrogen-bond donors (Lipinski definition) is 1. The van der Waals surface area contributed by atoms with Gasteiger partial charge in [-0.2, -0.15) is 13.9 Å². The first kappa shape index (κ1) is 14.9. The Balaban J connectivity index is 2.56. The smallest absolute Gasteiger partial charge is 0.387 e. The number of hydrogen-bond acceptors (Lipinski definition) is 3. The van der Waals surface area contributed by atoms with Crippen molar-refractivity contribution in [1.29, 1.82) is 0 Å². The van der Waals surface area contributed by atoms with Crippen molar-refractivity contribution >= 4 is 22.4 Å². The molecule has 21 heavy (non-hydrogen) atoms. The standard InChI is InChI=1S/C15H14F2N2O2/c1-9(18-19-10(2)20)12-8-7-11-5-3-4-6-13(11)14(12)21-15(16)17/h3-8,15H,1-2H3,(H,19,20). The van der Waals surface area contributed by atoms with Crippen molar-refractivity contribution < 1.29 is 18.3 Å². The molecule has 0 aliphatic heterocycles. The fourth-order valence-corrected chi connectivity index (χ4v) is 1.97. The molecule has 0 heterocycles. The molecule has 6 heteroatoms. The molecule has 0 aliphatic carbocycles. The van der Waals surface area contributed by atoms with Crippen molar-refractivity contribution in [2.45, 2.75) is 20.5 Å². The quantitative estimate of drug-likeness (QED) is 0.694. The Hall–Kier alpha value is -2.50. The van der Waals surface area contributed by atoms with Gasteiger partial charge < -0.3 is 4.74 Å². The highest BCUT2D eigenvalue weighted by Crippen LogP contribution is 2.31. The molecule has 0 saturated heterocycles. The summed E-state index contributed by atoms with van der Waals surface area (Å²) >= 11 is 0. The van der Waals surface area contributed by atoms with Crippen molar-refractivity contribution in [2.75, 3.05) is 0 Å². The second-order valence-electron chi connectivity index (χ2n) is 4.41. The third-order valence-corrected chi connectivity index (χ3v) is 2.86. The monoisotopic (exact) mass is 292 g/mol. The SMILES string of the molecule is CC(=O)NN=C(C)c1ccc2ccccc2c1OC(F)F. The Morgan fingerprint density at radius 1 is 1.19 bits per heavy atom. The van der Waals surface area contributed by atoms with Gasteiger partial charge in [0.1, 0.15) is 5.75 Å². The third kappa shape index (κ3) is 3.53. The molecule has 0 fully saturated rings. The number of alkyl halides is 2. The van der Waals surface area contributed by atoms with Crippen molar-refractivity contribution in [3.8, 4) is 5.75 Å². The molecule has 0 aliphatic rings. The normalized spacial score (nSPS) is 11.8. The zero-order valence-electron chi connectivity index (χ0n) is 11.6. The van der Waals surface area contributed by atoms with Crippen molar-refractivity contribution in [3.63, 3.8) is 0 Å². The lowest BCUT2D eigenvalue weighted by molar-refractivity contribution is -0.118. The molecule has 2 aromatic carbocycles. The molecule has 0 atom stereocenters. The van der Waals surface area contributed by atoms with E-state index in [1.807, 2.05) is 6.07 Å². The molecule has 0 bridgehead atoms. The van der Waals surface area contributed by atoms with E-state index in [0.717, 1.165) is 5.39 Å². The molecule has 1 N–H and O–H groups in total. The maximum atomic E-state index is 12.7. The van der Waals surface area contributed by atoms with Gasteiger partial charge in [0.25, 0.3) is 0 Å². The van der Waals surface area contributed by atoms with Crippen molar-refractivity contribution in [3.05, 3.63) is 42.0 Å². The first-order valence-corrected chi connectivity index (χ1v) is 6.27. The van der Waals surface area contributed by atoms with Crippen LogP contribution in [0.2, 0.25) is 0 Å². The van der Waals surface area contributed by atoms with Crippen LogP contribution in [0.4, 0.5) is 8.78 Å². The lowest BCUT2D eigenvalue weighted by Gasteiger charge is -2.13. The summed E-state index contributed by atoms with van der Waals surface area (Å²) in [6.45, 7) is -0.0188. The van der Waals surface area contributed by atoms with E-state index < -0.39 is 6.61 Å². The minimum atomic E-state index is -2.94. The highest BCUT2D eigenvalue weighted by atomic mass is 19.3. The molecule has 110 valence electrons. The van der Waals surface area contributed by atoms with E-state index in [1.54, 1.807) is 37.3 Å². The number of carbonyl (C=O) groups excluding carboxylic acids is 1. The van der Waals surface area contributed by atoms with Crippen LogP contribution in [-0.4, -0.2) is 18.2 Å². The summed E-state index contributed by atoms with van der Waals surface area (Å²) in [5.74, 6) is -0.291. The number of ether oxygens (including phenoxy) is 1. The summed E-state index contributed by atoms with van der Waals surface area (Å²) in [4.78, 5) is 10.9. The minimum absolute atomic E-state index is 0.0507. The molecule has 0 saturated carbocycles. The van der Waals surface area contributed by atoms with Gasteiger partial charge in [-0.1, -0.05) is 30.3 Å². The molecule has 0 unspecified atom stereocenters. The van der Waals surface area contributed by atoms with Crippen LogP contribution in [0.15, 0.2) is 41.5 Å². The predicted molar refractivity (Wildman–Crippen MR) is 76.6 cm³/mol.